The fourth-order valence-corrected chi connectivity index (χ4v) is 2.65. The van der Waals surface area contributed by atoms with Crippen LogP contribution in [0.2, 0.25) is 0 Å². The van der Waals surface area contributed by atoms with Crippen LogP contribution in [0.15, 0.2) is 12.7 Å². The van der Waals surface area contributed by atoms with Gasteiger partial charge in [0.1, 0.15) is 23.8 Å². The lowest BCUT2D eigenvalue weighted by molar-refractivity contribution is -0.138. The highest BCUT2D eigenvalue weighted by Gasteiger charge is 2.46. The van der Waals surface area contributed by atoms with Crippen molar-refractivity contribution in [2.24, 2.45) is 0 Å². The van der Waals surface area contributed by atoms with Gasteiger partial charge in [0.2, 0.25) is 11.8 Å². The molecule has 0 radical (unpaired) electrons. The number of rotatable bonds is 5. The first kappa shape index (κ1) is 19.2. The number of likely N-dealkylation sites (tertiary alicyclic amines) is 1. The quantitative estimate of drug-likeness (QED) is 0.617. The number of aliphatic hydroxyl groups is 1. The Bertz CT molecular complexity index is 567. The lowest BCUT2D eigenvalue weighted by Crippen LogP contribution is -2.49. The van der Waals surface area contributed by atoms with Gasteiger partial charge < -0.3 is 25.4 Å². The Morgan fingerprint density at radius 3 is 2.52 bits per heavy atom. The number of carbonyl (C=O) groups excluding carboxylic acids is 3. The number of ether oxygens (including phenoxy) is 1. The highest BCUT2D eigenvalue weighted by Crippen LogP contribution is 2.29. The summed E-state index contributed by atoms with van der Waals surface area (Å²) in [5, 5.41) is 15.6. The number of nitrogens with one attached hydrogen (secondary N) is 2. The van der Waals surface area contributed by atoms with E-state index in [0.717, 1.165) is 12.8 Å². The van der Waals surface area contributed by atoms with Gasteiger partial charge in [-0.25, -0.2) is 4.79 Å². The third-order valence-electron chi connectivity index (χ3n) is 4.08. The molecular weight excluding hydrogens is 326 g/mol. The van der Waals surface area contributed by atoms with Crippen molar-refractivity contribution < 1.29 is 24.2 Å². The lowest BCUT2D eigenvalue weighted by Gasteiger charge is -2.25. The number of carbonyl (C=O) groups is 3. The highest BCUT2D eigenvalue weighted by molar-refractivity contribution is 5.90. The van der Waals surface area contributed by atoms with Crippen molar-refractivity contribution in [1.29, 1.82) is 0 Å². The van der Waals surface area contributed by atoms with Crippen LogP contribution in [0.5, 0.6) is 0 Å². The third kappa shape index (κ3) is 5.45. The monoisotopic (exact) mass is 353 g/mol. The summed E-state index contributed by atoms with van der Waals surface area (Å²) in [6.07, 6.45) is 2.58. The number of nitrogens with zero attached hydrogens (tertiary/aromatic N) is 1. The van der Waals surface area contributed by atoms with Gasteiger partial charge in [-0.3, -0.25) is 9.59 Å². The van der Waals surface area contributed by atoms with Gasteiger partial charge in [-0.1, -0.05) is 6.08 Å². The van der Waals surface area contributed by atoms with Crippen molar-refractivity contribution in [3.63, 3.8) is 0 Å². The second kappa shape index (κ2) is 7.03. The van der Waals surface area contributed by atoms with Gasteiger partial charge in [-0.2, -0.15) is 0 Å². The highest BCUT2D eigenvalue weighted by atomic mass is 16.6. The average molecular weight is 353 g/mol. The van der Waals surface area contributed by atoms with Crippen LogP contribution < -0.4 is 10.6 Å². The Morgan fingerprint density at radius 2 is 2.00 bits per heavy atom. The molecule has 0 aromatic rings. The van der Waals surface area contributed by atoms with Crippen LogP contribution in [0, 0.1) is 0 Å². The first-order valence-corrected chi connectivity index (χ1v) is 8.46. The molecule has 3 N–H and O–H groups in total. The van der Waals surface area contributed by atoms with Crippen LogP contribution in [0.4, 0.5) is 4.79 Å². The van der Waals surface area contributed by atoms with E-state index >= 15 is 0 Å². The van der Waals surface area contributed by atoms with E-state index in [2.05, 4.69) is 17.2 Å². The molecule has 2 aliphatic rings. The molecule has 1 aliphatic heterocycles. The molecule has 1 aliphatic carbocycles. The molecule has 2 fully saturated rings. The van der Waals surface area contributed by atoms with Gasteiger partial charge in [-0.15, -0.1) is 6.58 Å². The summed E-state index contributed by atoms with van der Waals surface area (Å²) in [5.41, 5.74) is -1.98. The summed E-state index contributed by atoms with van der Waals surface area (Å²) < 4.78 is 5.08. The first-order valence-electron chi connectivity index (χ1n) is 8.46. The molecule has 0 bridgehead atoms. The van der Waals surface area contributed by atoms with E-state index in [9.17, 15) is 19.5 Å². The molecule has 2 atom stereocenters. The minimum Gasteiger partial charge on any atom is -0.444 e. The molecule has 1 saturated carbocycles. The summed E-state index contributed by atoms with van der Waals surface area (Å²) in [6, 6.07) is -0.627. The van der Waals surface area contributed by atoms with Crippen molar-refractivity contribution in [2.45, 2.75) is 63.3 Å². The number of alkyl carbamates (subject to hydrolysis) is 1. The van der Waals surface area contributed by atoms with E-state index in [-0.39, 0.29) is 31.5 Å². The maximum Gasteiger partial charge on any atom is 0.408 e. The maximum atomic E-state index is 12.5. The van der Waals surface area contributed by atoms with E-state index < -0.39 is 29.2 Å². The smallest absolute Gasteiger partial charge is 0.408 e. The Labute approximate surface area is 147 Å². The summed E-state index contributed by atoms with van der Waals surface area (Å²) >= 11 is 0. The molecule has 25 heavy (non-hydrogen) atoms. The predicted molar refractivity (Wildman–Crippen MR) is 90.7 cm³/mol. The van der Waals surface area contributed by atoms with E-state index in [4.69, 9.17) is 4.74 Å². The molecule has 0 aromatic carbocycles. The van der Waals surface area contributed by atoms with E-state index in [1.807, 2.05) is 0 Å². The molecule has 2 rings (SSSR count). The van der Waals surface area contributed by atoms with E-state index in [1.165, 1.54) is 11.0 Å². The lowest BCUT2D eigenvalue weighted by atomic mass is 10.0. The van der Waals surface area contributed by atoms with Crippen LogP contribution in [0.1, 0.15) is 40.0 Å². The summed E-state index contributed by atoms with van der Waals surface area (Å²) in [4.78, 5) is 37.8. The van der Waals surface area contributed by atoms with Crippen molar-refractivity contribution in [1.82, 2.24) is 15.5 Å². The second-order valence-electron chi connectivity index (χ2n) is 7.69. The number of amides is 3. The molecule has 0 aromatic heterocycles. The molecule has 140 valence electrons. The van der Waals surface area contributed by atoms with Crippen molar-refractivity contribution in [3.05, 3.63) is 12.7 Å². The Hall–Kier alpha value is -2.09. The molecule has 1 saturated heterocycles. The molecule has 1 heterocycles. The van der Waals surface area contributed by atoms with Gasteiger partial charge in [0.05, 0.1) is 6.54 Å². The van der Waals surface area contributed by atoms with Crippen LogP contribution in [-0.4, -0.2) is 64.3 Å². The Balaban J connectivity index is 1.97. The van der Waals surface area contributed by atoms with Crippen molar-refractivity contribution in [3.8, 4) is 0 Å². The molecule has 0 spiro atoms. The number of hydrogen-bond donors (Lipinski definition) is 3. The van der Waals surface area contributed by atoms with Crippen molar-refractivity contribution >= 4 is 17.9 Å². The zero-order valence-corrected chi connectivity index (χ0v) is 15.0. The van der Waals surface area contributed by atoms with Gasteiger partial charge >= 0.3 is 6.09 Å². The fraction of sp³-hybridized carbons (Fsp3) is 0.706. The first-order chi connectivity index (χ1) is 11.5. The summed E-state index contributed by atoms with van der Waals surface area (Å²) in [5.74, 6) is -0.745. The number of β-amino-alcohol motifs (C(OH)–C–C–N with tert-alkyl or cyclic N) is 1. The predicted octanol–water partition coefficient (Wildman–Crippen LogP) is 0.308. The minimum atomic E-state index is -1.31. The molecular formula is C17H27N3O5. The Kier molecular flexibility index (Phi) is 5.41. The van der Waals surface area contributed by atoms with Crippen LogP contribution in [-0.2, 0) is 14.3 Å². The van der Waals surface area contributed by atoms with Gasteiger partial charge in [0, 0.05) is 12.5 Å². The zero-order chi connectivity index (χ0) is 18.8. The normalized spacial score (nSPS) is 26.1. The van der Waals surface area contributed by atoms with Crippen LogP contribution in [0.3, 0.4) is 0 Å². The van der Waals surface area contributed by atoms with Crippen molar-refractivity contribution in [2.75, 3.05) is 13.1 Å². The molecule has 0 unspecified atom stereocenters. The summed E-state index contributed by atoms with van der Waals surface area (Å²) in [6.45, 7) is 8.40. The number of hydrogen-bond acceptors (Lipinski definition) is 5. The summed E-state index contributed by atoms with van der Waals surface area (Å²) in [7, 11) is 0. The maximum absolute atomic E-state index is 12.5. The van der Waals surface area contributed by atoms with Gasteiger partial charge in [0.15, 0.2) is 0 Å². The topological polar surface area (TPSA) is 108 Å². The zero-order valence-electron chi connectivity index (χ0n) is 15.0. The molecule has 8 nitrogen and oxygen atoms in total. The molecule has 3 amide bonds. The average Bonchev–Trinajstić information content (AvgIpc) is 3.23. The van der Waals surface area contributed by atoms with Gasteiger partial charge in [0.25, 0.3) is 0 Å². The van der Waals surface area contributed by atoms with Gasteiger partial charge in [-0.05, 0) is 33.6 Å². The third-order valence-corrected chi connectivity index (χ3v) is 4.08. The second-order valence-corrected chi connectivity index (χ2v) is 7.69. The van der Waals surface area contributed by atoms with E-state index in [0.29, 0.717) is 0 Å². The van der Waals surface area contributed by atoms with Crippen LogP contribution >= 0.6 is 0 Å². The minimum absolute atomic E-state index is 0.0336. The standard InChI is InChI=1S/C17H27N3O5/c1-5-17(24)8-12(14(22)19-11-6-7-11)20(10-17)13(21)9-18-15(23)25-16(2,3)4/h5,11-12,24H,1,6-10H2,2-4H3,(H,18,23)(H,19,22)/t12-,17-/m0/s1. The van der Waals surface area contributed by atoms with E-state index in [1.54, 1.807) is 20.8 Å². The molecule has 8 heteroatoms. The SMILES string of the molecule is C=C[C@]1(O)C[C@@H](C(=O)NC2CC2)N(C(=O)CNC(=O)OC(C)(C)C)C1. The Morgan fingerprint density at radius 1 is 1.36 bits per heavy atom. The van der Waals surface area contributed by atoms with Crippen LogP contribution in [0.25, 0.3) is 0 Å². The fourth-order valence-electron chi connectivity index (χ4n) is 2.65. The largest absolute Gasteiger partial charge is 0.444 e.